The molecule has 0 aliphatic rings. The lowest BCUT2D eigenvalue weighted by Gasteiger charge is -2.14. The Kier molecular flexibility index (Phi) is 3.35. The normalized spacial score (nSPS) is 12.2. The molecule has 0 bridgehead atoms. The molecule has 0 spiro atoms. The van der Waals surface area contributed by atoms with Gasteiger partial charge in [0.1, 0.15) is 17.7 Å². The van der Waals surface area contributed by atoms with Crippen LogP contribution in [0.5, 0.6) is 5.75 Å². The van der Waals surface area contributed by atoms with Crippen molar-refractivity contribution < 1.29 is 14.2 Å². The van der Waals surface area contributed by atoms with Crippen LogP contribution in [0.3, 0.4) is 0 Å². The summed E-state index contributed by atoms with van der Waals surface area (Å²) in [7, 11) is 1.43. The third-order valence-corrected chi connectivity index (χ3v) is 2.46. The molecule has 0 aliphatic heterocycles. The van der Waals surface area contributed by atoms with Crippen LogP contribution >= 0.6 is 0 Å². The summed E-state index contributed by atoms with van der Waals surface area (Å²) in [5.74, 6) is -0.0954. The molecule has 1 heterocycles. The minimum atomic E-state index is -0.924. The van der Waals surface area contributed by atoms with Crippen molar-refractivity contribution in [2.75, 3.05) is 7.11 Å². The standard InChI is InChI=1S/C13H12FNO2/c1-17-12-8-9(14)5-6-10(12)13(16)11-4-2-3-7-15-11/h2-8,13,16H,1H3. The molecule has 2 rings (SSSR count). The van der Waals surface area contributed by atoms with Crippen LogP contribution in [0, 0.1) is 5.82 Å². The smallest absolute Gasteiger partial charge is 0.127 e. The van der Waals surface area contributed by atoms with Crippen LogP contribution in [-0.4, -0.2) is 17.2 Å². The minimum absolute atomic E-state index is 0.308. The number of nitrogens with zero attached hydrogens (tertiary/aromatic N) is 1. The first kappa shape index (κ1) is 11.5. The molecule has 0 saturated carbocycles. The van der Waals surface area contributed by atoms with Gasteiger partial charge < -0.3 is 9.84 Å². The Bertz CT molecular complexity index is 502. The number of pyridine rings is 1. The Morgan fingerprint density at radius 3 is 2.76 bits per heavy atom. The number of halogens is 1. The molecular formula is C13H12FNO2. The minimum Gasteiger partial charge on any atom is -0.496 e. The van der Waals surface area contributed by atoms with E-state index in [-0.39, 0.29) is 0 Å². The van der Waals surface area contributed by atoms with E-state index in [0.717, 1.165) is 0 Å². The zero-order valence-corrected chi connectivity index (χ0v) is 9.30. The van der Waals surface area contributed by atoms with Crippen LogP contribution in [-0.2, 0) is 0 Å². The predicted molar refractivity (Wildman–Crippen MR) is 61.3 cm³/mol. The van der Waals surface area contributed by atoms with Crippen LogP contribution in [0.2, 0.25) is 0 Å². The van der Waals surface area contributed by atoms with Gasteiger partial charge in [-0.1, -0.05) is 6.07 Å². The fraction of sp³-hybridized carbons (Fsp3) is 0.154. The summed E-state index contributed by atoms with van der Waals surface area (Å²) < 4.78 is 18.1. The number of hydrogen-bond donors (Lipinski definition) is 1. The zero-order valence-electron chi connectivity index (χ0n) is 9.30. The van der Waals surface area contributed by atoms with E-state index in [0.29, 0.717) is 17.0 Å². The van der Waals surface area contributed by atoms with E-state index in [4.69, 9.17) is 4.74 Å². The lowest BCUT2D eigenvalue weighted by molar-refractivity contribution is 0.209. The number of hydrogen-bond acceptors (Lipinski definition) is 3. The zero-order chi connectivity index (χ0) is 12.3. The quantitative estimate of drug-likeness (QED) is 0.884. The Balaban J connectivity index is 2.40. The van der Waals surface area contributed by atoms with Gasteiger partial charge in [-0.3, -0.25) is 4.98 Å². The molecule has 0 fully saturated rings. The predicted octanol–water partition coefficient (Wildman–Crippen LogP) is 2.31. The second kappa shape index (κ2) is 4.93. The van der Waals surface area contributed by atoms with E-state index in [2.05, 4.69) is 4.98 Å². The highest BCUT2D eigenvalue weighted by Gasteiger charge is 2.16. The number of benzene rings is 1. The molecule has 0 amide bonds. The summed E-state index contributed by atoms with van der Waals surface area (Å²) in [5, 5.41) is 10.1. The van der Waals surface area contributed by atoms with Crippen molar-refractivity contribution in [3.63, 3.8) is 0 Å². The molecule has 17 heavy (non-hydrogen) atoms. The van der Waals surface area contributed by atoms with E-state index < -0.39 is 11.9 Å². The first-order valence-corrected chi connectivity index (χ1v) is 5.15. The second-order valence-corrected chi connectivity index (χ2v) is 3.54. The van der Waals surface area contributed by atoms with Crippen LogP contribution in [0.15, 0.2) is 42.6 Å². The van der Waals surface area contributed by atoms with Crippen molar-refractivity contribution in [3.8, 4) is 5.75 Å². The van der Waals surface area contributed by atoms with Gasteiger partial charge in [0.15, 0.2) is 0 Å². The second-order valence-electron chi connectivity index (χ2n) is 3.54. The highest BCUT2D eigenvalue weighted by Crippen LogP contribution is 2.29. The molecule has 0 radical (unpaired) electrons. The molecule has 0 aliphatic carbocycles. The number of aromatic nitrogens is 1. The highest BCUT2D eigenvalue weighted by atomic mass is 19.1. The lowest BCUT2D eigenvalue weighted by Crippen LogP contribution is -2.04. The maximum absolute atomic E-state index is 13.0. The molecule has 0 saturated heterocycles. The van der Waals surface area contributed by atoms with Crippen molar-refractivity contribution >= 4 is 0 Å². The number of aliphatic hydroxyl groups is 1. The van der Waals surface area contributed by atoms with E-state index >= 15 is 0 Å². The summed E-state index contributed by atoms with van der Waals surface area (Å²) >= 11 is 0. The molecule has 1 atom stereocenters. The maximum atomic E-state index is 13.0. The van der Waals surface area contributed by atoms with Crippen LogP contribution < -0.4 is 4.74 Å². The van der Waals surface area contributed by atoms with E-state index in [1.54, 1.807) is 24.4 Å². The number of ether oxygens (including phenoxy) is 1. The van der Waals surface area contributed by atoms with Gasteiger partial charge in [0.05, 0.1) is 12.8 Å². The van der Waals surface area contributed by atoms with Gasteiger partial charge in [-0.05, 0) is 24.3 Å². The Labute approximate surface area is 98.5 Å². The molecule has 1 unspecified atom stereocenters. The van der Waals surface area contributed by atoms with Crippen LogP contribution in [0.25, 0.3) is 0 Å². The Hall–Kier alpha value is -1.94. The van der Waals surface area contributed by atoms with Crippen molar-refractivity contribution in [2.45, 2.75) is 6.10 Å². The van der Waals surface area contributed by atoms with Crippen molar-refractivity contribution in [2.24, 2.45) is 0 Å². The molecule has 1 aromatic carbocycles. The number of aliphatic hydroxyl groups excluding tert-OH is 1. The first-order valence-electron chi connectivity index (χ1n) is 5.15. The summed E-state index contributed by atoms with van der Waals surface area (Å²) in [6.07, 6.45) is 0.668. The molecule has 88 valence electrons. The Morgan fingerprint density at radius 2 is 2.12 bits per heavy atom. The van der Waals surface area contributed by atoms with Gasteiger partial charge in [-0.15, -0.1) is 0 Å². The third kappa shape index (κ3) is 2.42. The monoisotopic (exact) mass is 233 g/mol. The van der Waals surface area contributed by atoms with E-state index in [1.807, 2.05) is 0 Å². The molecule has 1 N–H and O–H groups in total. The molecule has 2 aromatic rings. The third-order valence-electron chi connectivity index (χ3n) is 2.46. The topological polar surface area (TPSA) is 42.4 Å². The van der Waals surface area contributed by atoms with Crippen molar-refractivity contribution in [1.82, 2.24) is 4.98 Å². The van der Waals surface area contributed by atoms with Gasteiger partial charge in [-0.25, -0.2) is 4.39 Å². The SMILES string of the molecule is COc1cc(F)ccc1C(O)c1ccccn1. The molecule has 1 aromatic heterocycles. The van der Waals surface area contributed by atoms with Gasteiger partial charge >= 0.3 is 0 Å². The van der Waals surface area contributed by atoms with Gasteiger partial charge in [0, 0.05) is 17.8 Å². The summed E-state index contributed by atoms with van der Waals surface area (Å²) in [5.41, 5.74) is 0.991. The van der Waals surface area contributed by atoms with Crippen LogP contribution in [0.1, 0.15) is 17.4 Å². The van der Waals surface area contributed by atoms with Crippen LogP contribution in [0.4, 0.5) is 4.39 Å². The fourth-order valence-electron chi connectivity index (χ4n) is 1.61. The summed E-state index contributed by atoms with van der Waals surface area (Å²) in [6.45, 7) is 0. The first-order chi connectivity index (χ1) is 8.22. The van der Waals surface area contributed by atoms with Gasteiger partial charge in [-0.2, -0.15) is 0 Å². The molecule has 3 nitrogen and oxygen atoms in total. The Morgan fingerprint density at radius 1 is 1.29 bits per heavy atom. The maximum Gasteiger partial charge on any atom is 0.127 e. The lowest BCUT2D eigenvalue weighted by atomic mass is 10.0. The van der Waals surface area contributed by atoms with Gasteiger partial charge in [0.25, 0.3) is 0 Å². The highest BCUT2D eigenvalue weighted by molar-refractivity contribution is 5.39. The van der Waals surface area contributed by atoms with Crippen molar-refractivity contribution in [3.05, 3.63) is 59.7 Å². The summed E-state index contributed by atoms with van der Waals surface area (Å²) in [6, 6.07) is 9.26. The summed E-state index contributed by atoms with van der Waals surface area (Å²) in [4.78, 5) is 4.05. The van der Waals surface area contributed by atoms with Gasteiger partial charge in [0.2, 0.25) is 0 Å². The fourth-order valence-corrected chi connectivity index (χ4v) is 1.61. The molecule has 4 heteroatoms. The largest absolute Gasteiger partial charge is 0.496 e. The van der Waals surface area contributed by atoms with E-state index in [1.165, 1.54) is 25.3 Å². The average molecular weight is 233 g/mol. The number of rotatable bonds is 3. The number of methoxy groups -OCH3 is 1. The van der Waals surface area contributed by atoms with Crippen molar-refractivity contribution in [1.29, 1.82) is 0 Å². The molecular weight excluding hydrogens is 221 g/mol. The van der Waals surface area contributed by atoms with E-state index in [9.17, 15) is 9.50 Å². The average Bonchev–Trinajstić information content (AvgIpc) is 2.39.